The molecule has 7 heteroatoms. The molecule has 0 N–H and O–H groups in total. The molecule has 3 heterocycles. The highest BCUT2D eigenvalue weighted by molar-refractivity contribution is 5.89. The maximum Gasteiger partial charge on any atom is 0.228 e. The summed E-state index contributed by atoms with van der Waals surface area (Å²) in [4.78, 5) is 31.6. The van der Waals surface area contributed by atoms with Crippen LogP contribution in [-0.2, 0) is 14.3 Å². The summed E-state index contributed by atoms with van der Waals surface area (Å²) in [5.74, 6) is 0.917. The second-order valence-electron chi connectivity index (χ2n) is 7.80. The van der Waals surface area contributed by atoms with Crippen molar-refractivity contribution in [3.63, 3.8) is 0 Å². The molecule has 3 aliphatic heterocycles. The van der Waals surface area contributed by atoms with Crippen molar-refractivity contribution in [1.29, 1.82) is 0 Å². The standard InChI is InChI=1S/C21H29N3O4/c1-27-19-4-2-17(3-5-19)22-8-10-23(11-9-22)21(26)16-14-20(25)24(15-16)18-6-12-28-13-7-18/h2-5,16,18H,6-15H2,1H3. The molecule has 3 saturated heterocycles. The number of hydrogen-bond donors (Lipinski definition) is 0. The number of methoxy groups -OCH3 is 1. The van der Waals surface area contributed by atoms with Crippen LogP contribution in [0.2, 0.25) is 0 Å². The number of anilines is 1. The second-order valence-corrected chi connectivity index (χ2v) is 7.80. The number of rotatable bonds is 4. The number of benzene rings is 1. The lowest BCUT2D eigenvalue weighted by Gasteiger charge is -2.37. The van der Waals surface area contributed by atoms with Gasteiger partial charge >= 0.3 is 0 Å². The molecular formula is C21H29N3O4. The van der Waals surface area contributed by atoms with E-state index in [9.17, 15) is 9.59 Å². The Labute approximate surface area is 166 Å². The van der Waals surface area contributed by atoms with Crippen LogP contribution in [0.4, 0.5) is 5.69 Å². The van der Waals surface area contributed by atoms with Gasteiger partial charge in [-0.1, -0.05) is 0 Å². The number of amides is 2. The lowest BCUT2D eigenvalue weighted by molar-refractivity contribution is -0.136. The van der Waals surface area contributed by atoms with Crippen LogP contribution < -0.4 is 9.64 Å². The number of carbonyl (C=O) groups is 2. The molecule has 0 aliphatic carbocycles. The fourth-order valence-electron chi connectivity index (χ4n) is 4.48. The molecule has 0 spiro atoms. The van der Waals surface area contributed by atoms with Gasteiger partial charge in [-0.05, 0) is 37.1 Å². The highest BCUT2D eigenvalue weighted by Gasteiger charge is 2.40. The Morgan fingerprint density at radius 2 is 1.75 bits per heavy atom. The highest BCUT2D eigenvalue weighted by atomic mass is 16.5. The molecule has 7 nitrogen and oxygen atoms in total. The minimum absolute atomic E-state index is 0.127. The molecule has 1 unspecified atom stereocenters. The molecule has 0 radical (unpaired) electrons. The first-order valence-electron chi connectivity index (χ1n) is 10.2. The smallest absolute Gasteiger partial charge is 0.228 e. The van der Waals surface area contributed by atoms with Crippen LogP contribution in [0, 0.1) is 5.92 Å². The molecular weight excluding hydrogens is 358 g/mol. The van der Waals surface area contributed by atoms with E-state index in [1.807, 2.05) is 21.9 Å². The first-order chi connectivity index (χ1) is 13.7. The first kappa shape index (κ1) is 19.1. The molecule has 28 heavy (non-hydrogen) atoms. The minimum Gasteiger partial charge on any atom is -0.497 e. The van der Waals surface area contributed by atoms with E-state index in [1.54, 1.807) is 7.11 Å². The molecule has 3 fully saturated rings. The lowest BCUT2D eigenvalue weighted by atomic mass is 10.1. The Hall–Kier alpha value is -2.28. The molecule has 0 bridgehead atoms. The van der Waals surface area contributed by atoms with E-state index in [2.05, 4.69) is 17.0 Å². The average molecular weight is 387 g/mol. The Morgan fingerprint density at radius 3 is 2.39 bits per heavy atom. The van der Waals surface area contributed by atoms with E-state index >= 15 is 0 Å². The fraction of sp³-hybridized carbons (Fsp3) is 0.619. The molecule has 0 saturated carbocycles. The maximum absolute atomic E-state index is 13.0. The zero-order chi connectivity index (χ0) is 19.5. The van der Waals surface area contributed by atoms with E-state index in [0.717, 1.165) is 37.4 Å². The third-order valence-electron chi connectivity index (χ3n) is 6.17. The predicted octanol–water partition coefficient (Wildman–Crippen LogP) is 1.37. The van der Waals surface area contributed by atoms with Gasteiger partial charge < -0.3 is 24.2 Å². The van der Waals surface area contributed by atoms with E-state index in [4.69, 9.17) is 9.47 Å². The molecule has 2 amide bonds. The molecule has 1 aromatic rings. The van der Waals surface area contributed by atoms with Crippen molar-refractivity contribution >= 4 is 17.5 Å². The van der Waals surface area contributed by atoms with Gasteiger partial charge in [0.15, 0.2) is 0 Å². The van der Waals surface area contributed by atoms with E-state index in [1.165, 1.54) is 0 Å². The van der Waals surface area contributed by atoms with Crippen molar-refractivity contribution in [3.05, 3.63) is 24.3 Å². The molecule has 1 atom stereocenters. The number of ether oxygens (including phenoxy) is 2. The van der Waals surface area contributed by atoms with Gasteiger partial charge in [-0.25, -0.2) is 0 Å². The average Bonchev–Trinajstić information content (AvgIpc) is 3.15. The van der Waals surface area contributed by atoms with Gasteiger partial charge in [-0.15, -0.1) is 0 Å². The SMILES string of the molecule is COc1ccc(N2CCN(C(=O)C3CC(=O)N(C4CCOCC4)C3)CC2)cc1. The van der Waals surface area contributed by atoms with Crippen molar-refractivity contribution in [2.75, 3.05) is 57.9 Å². The van der Waals surface area contributed by atoms with Gasteiger partial charge in [-0.2, -0.15) is 0 Å². The zero-order valence-corrected chi connectivity index (χ0v) is 16.5. The summed E-state index contributed by atoms with van der Waals surface area (Å²) >= 11 is 0. The number of likely N-dealkylation sites (tertiary alicyclic amines) is 1. The lowest BCUT2D eigenvalue weighted by Crippen LogP contribution is -2.51. The predicted molar refractivity (Wildman–Crippen MR) is 105 cm³/mol. The summed E-state index contributed by atoms with van der Waals surface area (Å²) in [5, 5.41) is 0. The molecule has 0 aromatic heterocycles. The minimum atomic E-state index is -0.192. The molecule has 3 aliphatic rings. The number of piperazine rings is 1. The summed E-state index contributed by atoms with van der Waals surface area (Å²) in [6.45, 7) is 5.01. The van der Waals surface area contributed by atoms with Crippen molar-refractivity contribution in [3.8, 4) is 5.75 Å². The summed E-state index contributed by atoms with van der Waals surface area (Å²) < 4.78 is 10.6. The van der Waals surface area contributed by atoms with E-state index in [-0.39, 0.29) is 23.8 Å². The summed E-state index contributed by atoms with van der Waals surface area (Å²) in [7, 11) is 1.66. The van der Waals surface area contributed by atoms with Crippen LogP contribution in [0.1, 0.15) is 19.3 Å². The van der Waals surface area contributed by atoms with Gasteiger partial charge in [0.2, 0.25) is 11.8 Å². The Morgan fingerprint density at radius 1 is 1.07 bits per heavy atom. The number of nitrogens with zero attached hydrogens (tertiary/aromatic N) is 3. The van der Waals surface area contributed by atoms with Crippen LogP contribution in [0.5, 0.6) is 5.75 Å². The second kappa shape index (κ2) is 8.39. The van der Waals surface area contributed by atoms with Crippen molar-refractivity contribution in [1.82, 2.24) is 9.80 Å². The quantitative estimate of drug-likeness (QED) is 0.781. The Balaban J connectivity index is 1.30. The third-order valence-corrected chi connectivity index (χ3v) is 6.17. The van der Waals surface area contributed by atoms with Crippen molar-refractivity contribution in [2.24, 2.45) is 5.92 Å². The van der Waals surface area contributed by atoms with Gasteiger partial charge in [0.05, 0.1) is 13.0 Å². The maximum atomic E-state index is 13.0. The monoisotopic (exact) mass is 387 g/mol. The van der Waals surface area contributed by atoms with Crippen LogP contribution in [0.25, 0.3) is 0 Å². The van der Waals surface area contributed by atoms with Gasteiger partial charge in [0, 0.05) is 64.1 Å². The van der Waals surface area contributed by atoms with Crippen LogP contribution in [0.15, 0.2) is 24.3 Å². The molecule has 4 rings (SSSR count). The number of carbonyl (C=O) groups excluding carboxylic acids is 2. The Bertz CT molecular complexity index is 694. The first-order valence-corrected chi connectivity index (χ1v) is 10.2. The molecule has 1 aromatic carbocycles. The summed E-state index contributed by atoms with van der Waals surface area (Å²) in [5.41, 5.74) is 1.15. The number of hydrogen-bond acceptors (Lipinski definition) is 5. The van der Waals surface area contributed by atoms with Gasteiger partial charge in [0.1, 0.15) is 5.75 Å². The Kier molecular flexibility index (Phi) is 5.71. The van der Waals surface area contributed by atoms with Crippen LogP contribution in [0.3, 0.4) is 0 Å². The van der Waals surface area contributed by atoms with E-state index < -0.39 is 0 Å². The third kappa shape index (κ3) is 3.94. The fourth-order valence-corrected chi connectivity index (χ4v) is 4.48. The van der Waals surface area contributed by atoms with Crippen molar-refractivity contribution < 1.29 is 19.1 Å². The normalized spacial score (nSPS) is 24.0. The summed E-state index contributed by atoms with van der Waals surface area (Å²) in [6, 6.07) is 8.27. The van der Waals surface area contributed by atoms with Crippen LogP contribution >= 0.6 is 0 Å². The molecule has 152 valence electrons. The topological polar surface area (TPSA) is 62.3 Å². The van der Waals surface area contributed by atoms with Crippen molar-refractivity contribution in [2.45, 2.75) is 25.3 Å². The largest absolute Gasteiger partial charge is 0.497 e. The summed E-state index contributed by atoms with van der Waals surface area (Å²) in [6.07, 6.45) is 2.12. The van der Waals surface area contributed by atoms with Gasteiger partial charge in [0.25, 0.3) is 0 Å². The van der Waals surface area contributed by atoms with E-state index in [0.29, 0.717) is 39.3 Å². The van der Waals surface area contributed by atoms with Crippen LogP contribution in [-0.4, -0.2) is 80.7 Å². The van der Waals surface area contributed by atoms with Gasteiger partial charge in [-0.3, -0.25) is 9.59 Å². The highest BCUT2D eigenvalue weighted by Crippen LogP contribution is 2.27. The zero-order valence-electron chi connectivity index (χ0n) is 16.5.